The summed E-state index contributed by atoms with van der Waals surface area (Å²) in [4.78, 5) is 3.58. The zero-order valence-electron chi connectivity index (χ0n) is 18.2. The predicted molar refractivity (Wildman–Crippen MR) is 120 cm³/mol. The van der Waals surface area contributed by atoms with Crippen molar-refractivity contribution < 1.29 is 30.7 Å². The molecule has 1 aromatic heterocycles. The quantitative estimate of drug-likeness (QED) is 0.338. The van der Waals surface area contributed by atoms with Gasteiger partial charge in [0.25, 0.3) is 10.0 Å². The number of aromatic nitrogens is 1. The molecular weight excluding hydrogens is 472 g/mol. The number of nitrogens with zero attached hydrogens (tertiary/aromatic N) is 1. The first-order chi connectivity index (χ1) is 16.1. The van der Waals surface area contributed by atoms with Crippen LogP contribution in [0.4, 0.5) is 23.2 Å². The second-order valence-corrected chi connectivity index (χ2v) is 9.62. The van der Waals surface area contributed by atoms with Crippen molar-refractivity contribution in [2.45, 2.75) is 43.7 Å². The van der Waals surface area contributed by atoms with E-state index in [1.54, 1.807) is 13.0 Å². The Morgan fingerprint density at radius 2 is 1.91 bits per heavy atom. The Morgan fingerprint density at radius 1 is 1.12 bits per heavy atom. The molecule has 0 amide bonds. The van der Waals surface area contributed by atoms with Gasteiger partial charge in [-0.25, -0.2) is 13.4 Å². The van der Waals surface area contributed by atoms with E-state index >= 15 is 0 Å². The largest absolute Gasteiger partial charge is 0.493 e. The number of hydrogen-bond acceptors (Lipinski definition) is 4. The lowest BCUT2D eigenvalue weighted by atomic mass is 9.93. The van der Waals surface area contributed by atoms with E-state index in [0.29, 0.717) is 18.8 Å². The third-order valence-corrected chi connectivity index (χ3v) is 6.89. The van der Waals surface area contributed by atoms with Crippen molar-refractivity contribution in [3.63, 3.8) is 0 Å². The van der Waals surface area contributed by atoms with Crippen LogP contribution in [0, 0.1) is 5.95 Å². The van der Waals surface area contributed by atoms with Crippen molar-refractivity contribution in [3.05, 3.63) is 71.2 Å². The Morgan fingerprint density at radius 3 is 2.62 bits per heavy atom. The van der Waals surface area contributed by atoms with Crippen LogP contribution in [0.15, 0.2) is 53.4 Å². The summed E-state index contributed by atoms with van der Waals surface area (Å²) >= 11 is 0. The Bertz CT molecular complexity index is 1320. The summed E-state index contributed by atoms with van der Waals surface area (Å²) < 4.78 is 89.7. The van der Waals surface area contributed by atoms with Crippen molar-refractivity contribution in [1.82, 2.24) is 4.98 Å². The van der Waals surface area contributed by atoms with Crippen molar-refractivity contribution in [2.24, 2.45) is 0 Å². The number of rotatable bonds is 6. The number of alkyl halides is 3. The molecule has 1 N–H and O–H groups in total. The fourth-order valence-electron chi connectivity index (χ4n) is 4.02. The van der Waals surface area contributed by atoms with E-state index in [4.69, 9.17) is 4.74 Å². The molecule has 0 atom stereocenters. The summed E-state index contributed by atoms with van der Waals surface area (Å²) in [6.07, 6.45) is -2.61. The standard InChI is InChI=1S/C24H22F4N2O3S/c1-2-5-17-19(30-34(31,32)16-10-9-15-6-4-13-33-21(15)14-16)12-11-18(24(26,27)28)23(17)20-7-3-8-22(25)29-20/h3,7-12,14,30H,2,4-6,13H2,1H3. The lowest BCUT2D eigenvalue weighted by molar-refractivity contribution is -0.137. The van der Waals surface area contributed by atoms with Crippen molar-refractivity contribution in [2.75, 3.05) is 11.3 Å². The Balaban J connectivity index is 1.84. The molecule has 3 aromatic rings. The molecule has 180 valence electrons. The molecule has 34 heavy (non-hydrogen) atoms. The van der Waals surface area contributed by atoms with Gasteiger partial charge in [0.15, 0.2) is 0 Å². The summed E-state index contributed by atoms with van der Waals surface area (Å²) in [6, 6.07) is 9.96. The highest BCUT2D eigenvalue weighted by atomic mass is 32.2. The van der Waals surface area contributed by atoms with Crippen LogP contribution in [-0.2, 0) is 29.0 Å². The molecule has 1 aliphatic rings. The smallest absolute Gasteiger partial charge is 0.417 e. The summed E-state index contributed by atoms with van der Waals surface area (Å²) in [6.45, 7) is 2.23. The Kier molecular flexibility index (Phi) is 6.53. The van der Waals surface area contributed by atoms with Gasteiger partial charge in [-0.3, -0.25) is 4.72 Å². The highest BCUT2D eigenvalue weighted by Gasteiger charge is 2.36. The number of fused-ring (bicyclic) bond motifs is 1. The molecule has 0 radical (unpaired) electrons. The number of benzene rings is 2. The minimum Gasteiger partial charge on any atom is -0.493 e. The zero-order chi connectivity index (χ0) is 24.5. The summed E-state index contributed by atoms with van der Waals surface area (Å²) in [5, 5.41) is 0. The van der Waals surface area contributed by atoms with Gasteiger partial charge in [-0.2, -0.15) is 17.6 Å². The van der Waals surface area contributed by atoms with Crippen LogP contribution in [-0.4, -0.2) is 20.0 Å². The average Bonchev–Trinajstić information content (AvgIpc) is 2.79. The van der Waals surface area contributed by atoms with Gasteiger partial charge < -0.3 is 4.74 Å². The van der Waals surface area contributed by atoms with Gasteiger partial charge in [0, 0.05) is 11.6 Å². The van der Waals surface area contributed by atoms with Crippen LogP contribution < -0.4 is 9.46 Å². The first-order valence-electron chi connectivity index (χ1n) is 10.7. The van der Waals surface area contributed by atoms with Gasteiger partial charge in [0.2, 0.25) is 5.95 Å². The Labute approximate surface area is 194 Å². The normalized spacial score (nSPS) is 13.8. The number of aryl methyl sites for hydroxylation is 1. The van der Waals surface area contributed by atoms with Crippen LogP contribution in [0.1, 0.15) is 36.5 Å². The highest BCUT2D eigenvalue weighted by molar-refractivity contribution is 7.92. The van der Waals surface area contributed by atoms with Crippen LogP contribution in [0.2, 0.25) is 0 Å². The number of nitrogens with one attached hydrogen (secondary N) is 1. The summed E-state index contributed by atoms with van der Waals surface area (Å²) in [5.41, 5.74) is -0.616. The molecule has 0 aliphatic carbocycles. The topological polar surface area (TPSA) is 68.3 Å². The SMILES string of the molecule is CCCc1c(NS(=O)(=O)c2ccc3c(c2)OCCC3)ccc(C(F)(F)F)c1-c1cccc(F)n1. The molecular formula is C24H22F4N2O3S. The van der Waals surface area contributed by atoms with Crippen LogP contribution in [0.5, 0.6) is 5.75 Å². The van der Waals surface area contributed by atoms with Crippen molar-refractivity contribution >= 4 is 15.7 Å². The minimum atomic E-state index is -4.75. The second kappa shape index (κ2) is 9.25. The van der Waals surface area contributed by atoms with Gasteiger partial charge in [-0.1, -0.05) is 25.5 Å². The fourth-order valence-corrected chi connectivity index (χ4v) is 5.13. The molecule has 0 saturated heterocycles. The molecule has 0 fully saturated rings. The molecule has 4 rings (SSSR count). The van der Waals surface area contributed by atoms with Gasteiger partial charge in [0.1, 0.15) is 5.75 Å². The maximum atomic E-state index is 13.9. The predicted octanol–water partition coefficient (Wildman–Crippen LogP) is 5.98. The summed E-state index contributed by atoms with van der Waals surface area (Å²) in [5.74, 6) is -0.465. The van der Waals surface area contributed by atoms with E-state index in [9.17, 15) is 26.0 Å². The van der Waals surface area contributed by atoms with E-state index in [2.05, 4.69) is 9.71 Å². The van der Waals surface area contributed by atoms with E-state index in [1.165, 1.54) is 24.3 Å². The Hall–Kier alpha value is -3.14. The fraction of sp³-hybridized carbons (Fsp3) is 0.292. The van der Waals surface area contributed by atoms with Crippen molar-refractivity contribution in [1.29, 1.82) is 0 Å². The van der Waals surface area contributed by atoms with Gasteiger partial charge in [0.05, 0.1) is 28.4 Å². The molecule has 10 heteroatoms. The number of ether oxygens (including phenoxy) is 1. The molecule has 2 aromatic carbocycles. The van der Waals surface area contributed by atoms with Crippen LogP contribution in [0.25, 0.3) is 11.3 Å². The number of halogens is 4. The molecule has 0 saturated carbocycles. The maximum Gasteiger partial charge on any atom is 0.417 e. The lowest BCUT2D eigenvalue weighted by Crippen LogP contribution is -2.17. The average molecular weight is 495 g/mol. The number of pyridine rings is 1. The van der Waals surface area contributed by atoms with Gasteiger partial charge in [-0.05, 0) is 60.7 Å². The monoisotopic (exact) mass is 494 g/mol. The first kappa shape index (κ1) is 24.0. The number of hydrogen-bond donors (Lipinski definition) is 1. The molecule has 1 aliphatic heterocycles. The highest BCUT2D eigenvalue weighted by Crippen LogP contribution is 2.42. The summed E-state index contributed by atoms with van der Waals surface area (Å²) in [7, 11) is -4.15. The van der Waals surface area contributed by atoms with Crippen molar-refractivity contribution in [3.8, 4) is 17.0 Å². The number of sulfonamides is 1. The third-order valence-electron chi connectivity index (χ3n) is 5.53. The van der Waals surface area contributed by atoms with E-state index < -0.39 is 27.7 Å². The van der Waals surface area contributed by atoms with Gasteiger partial charge in [-0.15, -0.1) is 0 Å². The van der Waals surface area contributed by atoms with Crippen LogP contribution >= 0.6 is 0 Å². The first-order valence-corrected chi connectivity index (χ1v) is 12.2. The molecule has 5 nitrogen and oxygen atoms in total. The number of anilines is 1. The molecule has 0 bridgehead atoms. The molecule has 0 unspecified atom stereocenters. The van der Waals surface area contributed by atoms with E-state index in [1.807, 2.05) is 0 Å². The minimum absolute atomic E-state index is 0.0189. The van der Waals surface area contributed by atoms with E-state index in [-0.39, 0.29) is 33.8 Å². The lowest BCUT2D eigenvalue weighted by Gasteiger charge is -2.21. The third kappa shape index (κ3) is 4.86. The van der Waals surface area contributed by atoms with E-state index in [0.717, 1.165) is 36.6 Å². The van der Waals surface area contributed by atoms with Gasteiger partial charge >= 0.3 is 6.18 Å². The molecule has 2 heterocycles. The molecule has 0 spiro atoms. The van der Waals surface area contributed by atoms with Crippen LogP contribution in [0.3, 0.4) is 0 Å². The maximum absolute atomic E-state index is 13.9. The zero-order valence-corrected chi connectivity index (χ0v) is 19.1. The second-order valence-electron chi connectivity index (χ2n) is 7.93.